The monoisotopic (exact) mass is 529 g/mol. The molecule has 0 aliphatic rings. The van der Waals surface area contributed by atoms with Gasteiger partial charge in [-0.15, -0.1) is 0 Å². The minimum absolute atomic E-state index is 0.0287. The van der Waals surface area contributed by atoms with Crippen molar-refractivity contribution in [1.82, 2.24) is 10.2 Å². The molecule has 0 radical (unpaired) electrons. The van der Waals surface area contributed by atoms with Gasteiger partial charge < -0.3 is 25.0 Å². The van der Waals surface area contributed by atoms with Crippen LogP contribution in [-0.2, 0) is 14.3 Å². The first kappa shape index (κ1) is 30.0. The highest BCUT2D eigenvalue weighted by molar-refractivity contribution is 7.80. The van der Waals surface area contributed by atoms with Gasteiger partial charge in [0.2, 0.25) is 5.91 Å². The third-order valence-corrected chi connectivity index (χ3v) is 5.79. The van der Waals surface area contributed by atoms with Gasteiger partial charge in [-0.3, -0.25) is 9.59 Å². The number of rotatable bonds is 9. The van der Waals surface area contributed by atoms with Crippen molar-refractivity contribution < 1.29 is 23.9 Å². The van der Waals surface area contributed by atoms with Gasteiger partial charge in [-0.1, -0.05) is 29.3 Å². The van der Waals surface area contributed by atoms with Crippen LogP contribution in [0.25, 0.3) is 0 Å². The first-order valence-corrected chi connectivity index (χ1v) is 12.8. The predicted molar refractivity (Wildman–Crippen MR) is 149 cm³/mol. The summed E-state index contributed by atoms with van der Waals surface area (Å²) in [5, 5.41) is 5.54. The number of thiol groups is 1. The van der Waals surface area contributed by atoms with Gasteiger partial charge in [0.25, 0.3) is 5.91 Å². The van der Waals surface area contributed by atoms with Crippen LogP contribution in [0.15, 0.2) is 42.5 Å². The number of hydrogen-bond acceptors (Lipinski definition) is 6. The molecule has 2 rings (SSSR count). The van der Waals surface area contributed by atoms with Crippen molar-refractivity contribution in [2.24, 2.45) is 0 Å². The number of ether oxygens (including phenoxy) is 2. The van der Waals surface area contributed by atoms with Crippen LogP contribution in [0.5, 0.6) is 5.75 Å². The second-order valence-corrected chi connectivity index (χ2v) is 10.6. The smallest absolute Gasteiger partial charge is 0.408 e. The summed E-state index contributed by atoms with van der Waals surface area (Å²) in [5.74, 6) is -0.133. The molecule has 0 bridgehead atoms. The SMILES string of the molecule is COc1ccc(NC(=O)C(c2cc(C)cc(C)c2)N(C(=O)C(CS)NC(=O)OC(C)(C)C)C(C)C)cc1. The van der Waals surface area contributed by atoms with Crippen molar-refractivity contribution in [3.63, 3.8) is 0 Å². The molecule has 0 aromatic heterocycles. The van der Waals surface area contributed by atoms with Crippen LogP contribution in [0.2, 0.25) is 0 Å². The van der Waals surface area contributed by atoms with Crippen LogP contribution in [0, 0.1) is 13.8 Å². The number of carbonyl (C=O) groups excluding carboxylic acids is 3. The molecule has 0 saturated heterocycles. The minimum atomic E-state index is -0.997. The molecular formula is C28H39N3O5S. The largest absolute Gasteiger partial charge is 0.497 e. The first-order chi connectivity index (χ1) is 17.2. The maximum absolute atomic E-state index is 13.9. The second-order valence-electron chi connectivity index (χ2n) is 10.3. The average molecular weight is 530 g/mol. The quantitative estimate of drug-likeness (QED) is 0.395. The number of nitrogens with zero attached hydrogens (tertiary/aromatic N) is 1. The Bertz CT molecular complexity index is 1080. The van der Waals surface area contributed by atoms with Crippen LogP contribution in [0.3, 0.4) is 0 Å². The molecule has 0 saturated carbocycles. The lowest BCUT2D eigenvalue weighted by molar-refractivity contribution is -0.142. The fraction of sp³-hybridized carbons (Fsp3) is 0.464. The van der Waals surface area contributed by atoms with Gasteiger partial charge in [-0.25, -0.2) is 4.79 Å². The lowest BCUT2D eigenvalue weighted by atomic mass is 9.97. The zero-order valence-corrected chi connectivity index (χ0v) is 23.8. The molecule has 2 N–H and O–H groups in total. The Morgan fingerprint density at radius 2 is 1.57 bits per heavy atom. The Morgan fingerprint density at radius 3 is 2.03 bits per heavy atom. The van der Waals surface area contributed by atoms with Crippen LogP contribution in [0.4, 0.5) is 10.5 Å². The Morgan fingerprint density at radius 1 is 1.00 bits per heavy atom. The Balaban J connectivity index is 2.49. The minimum Gasteiger partial charge on any atom is -0.497 e. The highest BCUT2D eigenvalue weighted by Gasteiger charge is 2.37. The van der Waals surface area contributed by atoms with E-state index in [0.29, 0.717) is 17.0 Å². The molecule has 2 unspecified atom stereocenters. The van der Waals surface area contributed by atoms with Gasteiger partial charge in [0.15, 0.2) is 0 Å². The Hall–Kier alpha value is -3.20. The van der Waals surface area contributed by atoms with Gasteiger partial charge in [0, 0.05) is 17.5 Å². The predicted octanol–water partition coefficient (Wildman–Crippen LogP) is 5.05. The number of carbonyl (C=O) groups is 3. The zero-order valence-electron chi connectivity index (χ0n) is 22.9. The van der Waals surface area contributed by atoms with E-state index in [1.54, 1.807) is 52.1 Å². The number of alkyl carbamates (subject to hydrolysis) is 1. The summed E-state index contributed by atoms with van der Waals surface area (Å²) < 4.78 is 10.5. The fourth-order valence-electron chi connectivity index (χ4n) is 3.99. The lowest BCUT2D eigenvalue weighted by Crippen LogP contribution is -2.55. The van der Waals surface area contributed by atoms with Crippen molar-refractivity contribution in [3.8, 4) is 5.75 Å². The topological polar surface area (TPSA) is 97.0 Å². The third-order valence-electron chi connectivity index (χ3n) is 5.43. The van der Waals surface area contributed by atoms with Crippen LogP contribution in [-0.4, -0.2) is 53.4 Å². The Labute approximate surface area is 225 Å². The maximum Gasteiger partial charge on any atom is 0.408 e. The molecule has 0 aliphatic heterocycles. The van der Waals surface area contributed by atoms with Crippen molar-refractivity contribution in [2.75, 3.05) is 18.2 Å². The normalized spacial score (nSPS) is 12.9. The summed E-state index contributed by atoms with van der Waals surface area (Å²) in [5.41, 5.74) is 2.43. The molecule has 3 amide bonds. The summed E-state index contributed by atoms with van der Waals surface area (Å²) in [6, 6.07) is 10.4. The first-order valence-electron chi connectivity index (χ1n) is 12.2. The van der Waals surface area contributed by atoms with Gasteiger partial charge in [0.05, 0.1) is 7.11 Å². The van der Waals surface area contributed by atoms with E-state index in [4.69, 9.17) is 9.47 Å². The highest BCUT2D eigenvalue weighted by atomic mass is 32.1. The summed E-state index contributed by atoms with van der Waals surface area (Å²) in [4.78, 5) is 41.6. The van der Waals surface area contributed by atoms with E-state index in [-0.39, 0.29) is 17.7 Å². The molecule has 0 aliphatic carbocycles. The number of anilines is 1. The van der Waals surface area contributed by atoms with E-state index in [0.717, 1.165) is 11.1 Å². The second kappa shape index (κ2) is 12.9. The molecular weight excluding hydrogens is 490 g/mol. The fourth-order valence-corrected chi connectivity index (χ4v) is 4.23. The molecule has 0 spiro atoms. The van der Waals surface area contributed by atoms with Crippen LogP contribution in [0.1, 0.15) is 57.4 Å². The molecule has 2 atom stereocenters. The van der Waals surface area contributed by atoms with E-state index >= 15 is 0 Å². The van der Waals surface area contributed by atoms with Crippen LogP contribution >= 0.6 is 12.6 Å². The number of methoxy groups -OCH3 is 1. The van der Waals surface area contributed by atoms with E-state index in [9.17, 15) is 14.4 Å². The van der Waals surface area contributed by atoms with Crippen molar-refractivity contribution in [1.29, 1.82) is 0 Å². The summed E-state index contributed by atoms with van der Waals surface area (Å²) in [7, 11) is 1.57. The number of hydrogen-bond donors (Lipinski definition) is 3. The maximum atomic E-state index is 13.9. The van der Waals surface area contributed by atoms with Crippen LogP contribution < -0.4 is 15.4 Å². The number of amides is 3. The van der Waals surface area contributed by atoms with Crippen molar-refractivity contribution in [2.45, 2.75) is 72.2 Å². The highest BCUT2D eigenvalue weighted by Crippen LogP contribution is 2.28. The van der Waals surface area contributed by atoms with E-state index < -0.39 is 29.7 Å². The standard InChI is InChI=1S/C28H39N3O5S/c1-17(2)31(26(33)23(16-37)30-27(34)36-28(5,6)7)24(20-14-18(3)13-19(4)15-20)25(32)29-21-9-11-22(35-8)12-10-21/h9-15,17,23-24,37H,16H2,1-8H3,(H,29,32)(H,30,34). The molecule has 2 aromatic rings. The van der Waals surface area contributed by atoms with E-state index in [2.05, 4.69) is 23.3 Å². The number of aryl methyl sites for hydroxylation is 2. The molecule has 2 aromatic carbocycles. The van der Waals surface area contributed by atoms with Crippen molar-refractivity contribution in [3.05, 3.63) is 59.2 Å². The molecule has 8 nitrogen and oxygen atoms in total. The lowest BCUT2D eigenvalue weighted by Gasteiger charge is -2.37. The third kappa shape index (κ3) is 8.70. The summed E-state index contributed by atoms with van der Waals surface area (Å²) in [6.07, 6.45) is -0.728. The molecule has 0 fully saturated rings. The van der Waals surface area contributed by atoms with Gasteiger partial charge in [0.1, 0.15) is 23.4 Å². The summed E-state index contributed by atoms with van der Waals surface area (Å²) in [6.45, 7) is 12.8. The molecule has 202 valence electrons. The molecule has 0 heterocycles. The van der Waals surface area contributed by atoms with Crippen molar-refractivity contribution >= 4 is 36.2 Å². The molecule has 9 heteroatoms. The summed E-state index contributed by atoms with van der Waals surface area (Å²) >= 11 is 4.31. The zero-order chi connectivity index (χ0) is 27.9. The van der Waals surface area contributed by atoms with E-state index in [1.165, 1.54) is 4.90 Å². The number of benzene rings is 2. The average Bonchev–Trinajstić information content (AvgIpc) is 2.78. The van der Waals surface area contributed by atoms with Gasteiger partial charge in [-0.2, -0.15) is 12.6 Å². The Kier molecular flexibility index (Phi) is 10.4. The van der Waals surface area contributed by atoms with Gasteiger partial charge in [-0.05, 0) is 78.3 Å². The molecule has 37 heavy (non-hydrogen) atoms. The number of nitrogens with one attached hydrogen (secondary N) is 2. The van der Waals surface area contributed by atoms with Gasteiger partial charge >= 0.3 is 6.09 Å². The van der Waals surface area contributed by atoms with E-state index in [1.807, 2.05) is 45.9 Å².